The van der Waals surface area contributed by atoms with Crippen LogP contribution in [-0.4, -0.2) is 24.7 Å². The number of anilines is 1. The van der Waals surface area contributed by atoms with Crippen LogP contribution < -0.4 is 10.6 Å². The van der Waals surface area contributed by atoms with Crippen molar-refractivity contribution in [1.29, 1.82) is 0 Å². The van der Waals surface area contributed by atoms with Crippen molar-refractivity contribution in [3.63, 3.8) is 0 Å². The van der Waals surface area contributed by atoms with Crippen LogP contribution in [0, 0.1) is 0 Å². The van der Waals surface area contributed by atoms with E-state index in [4.69, 9.17) is 35.4 Å². The van der Waals surface area contributed by atoms with E-state index in [2.05, 4.69) is 36.8 Å². The van der Waals surface area contributed by atoms with Crippen LogP contribution in [0.15, 0.2) is 41.1 Å². The van der Waals surface area contributed by atoms with Gasteiger partial charge in [0.15, 0.2) is 10.9 Å². The van der Waals surface area contributed by atoms with Crippen LogP contribution in [0.25, 0.3) is 0 Å². The molecule has 0 spiro atoms. The Morgan fingerprint density at radius 3 is 2.63 bits per heavy atom. The molecule has 142 valence electrons. The Bertz CT molecular complexity index is 955. The minimum atomic E-state index is 0.426. The van der Waals surface area contributed by atoms with Gasteiger partial charge in [-0.15, -0.1) is 0 Å². The zero-order valence-corrected chi connectivity index (χ0v) is 18.3. The number of rotatable bonds is 6. The van der Waals surface area contributed by atoms with Gasteiger partial charge in [0, 0.05) is 24.0 Å². The van der Waals surface area contributed by atoms with E-state index in [0.29, 0.717) is 34.1 Å². The fourth-order valence-corrected chi connectivity index (χ4v) is 3.39. The number of aryl methyl sites for hydroxylation is 1. The molecule has 0 aliphatic carbocycles. The van der Waals surface area contributed by atoms with Crippen molar-refractivity contribution in [2.24, 2.45) is 0 Å². The third-order valence-electron chi connectivity index (χ3n) is 3.77. The minimum absolute atomic E-state index is 0.426. The molecule has 0 fully saturated rings. The largest absolute Gasteiger partial charge is 0.357 e. The molecule has 0 unspecified atom stereocenters. The highest BCUT2D eigenvalue weighted by atomic mass is 79.9. The van der Waals surface area contributed by atoms with Crippen molar-refractivity contribution in [2.75, 3.05) is 5.32 Å². The summed E-state index contributed by atoms with van der Waals surface area (Å²) in [5, 5.41) is 16.8. The predicted molar refractivity (Wildman–Crippen MR) is 116 cm³/mol. The molecule has 2 aromatic heterocycles. The number of nitrogens with zero attached hydrogens (tertiary/aromatic N) is 4. The van der Waals surface area contributed by atoms with Crippen LogP contribution in [0.4, 0.5) is 5.82 Å². The fraction of sp³-hybridized carbons (Fsp3) is 0.235. The summed E-state index contributed by atoms with van der Waals surface area (Å²) in [4.78, 5) is 0. The Hall–Kier alpha value is -1.61. The summed E-state index contributed by atoms with van der Waals surface area (Å²) in [7, 11) is 0. The molecule has 0 aliphatic heterocycles. The van der Waals surface area contributed by atoms with Gasteiger partial charge in [0.25, 0.3) is 0 Å². The first-order chi connectivity index (χ1) is 13.0. The quantitative estimate of drug-likeness (QED) is 0.493. The number of benzene rings is 1. The van der Waals surface area contributed by atoms with Gasteiger partial charge in [0.2, 0.25) is 0 Å². The molecule has 0 saturated heterocycles. The number of aromatic nitrogens is 4. The maximum atomic E-state index is 6.21. The summed E-state index contributed by atoms with van der Waals surface area (Å²) in [6.07, 6.45) is 3.66. The highest BCUT2D eigenvalue weighted by molar-refractivity contribution is 9.10. The van der Waals surface area contributed by atoms with Crippen LogP contribution in [0.1, 0.15) is 18.2 Å². The lowest BCUT2D eigenvalue weighted by Crippen LogP contribution is -2.28. The van der Waals surface area contributed by atoms with Crippen LogP contribution in [0.5, 0.6) is 0 Å². The zero-order valence-electron chi connectivity index (χ0n) is 14.4. The molecule has 0 saturated carbocycles. The van der Waals surface area contributed by atoms with Crippen LogP contribution in [0.3, 0.4) is 0 Å². The molecule has 1 aromatic carbocycles. The smallest absolute Gasteiger partial charge is 0.172 e. The Labute approximate surface area is 181 Å². The third kappa shape index (κ3) is 5.22. The van der Waals surface area contributed by atoms with Crippen molar-refractivity contribution < 1.29 is 0 Å². The number of hydrogen-bond donors (Lipinski definition) is 2. The van der Waals surface area contributed by atoms with Gasteiger partial charge in [-0.1, -0.05) is 41.4 Å². The van der Waals surface area contributed by atoms with E-state index < -0.39 is 0 Å². The molecule has 3 rings (SSSR count). The van der Waals surface area contributed by atoms with Gasteiger partial charge in [-0.2, -0.15) is 10.2 Å². The fourth-order valence-electron chi connectivity index (χ4n) is 2.40. The molecule has 27 heavy (non-hydrogen) atoms. The number of thiocarbonyl (C=S) groups is 1. The molecule has 0 bridgehead atoms. The van der Waals surface area contributed by atoms with Gasteiger partial charge in [-0.3, -0.25) is 9.36 Å². The number of hydrogen-bond acceptors (Lipinski definition) is 3. The third-order valence-corrected chi connectivity index (χ3v) is 5.28. The van der Waals surface area contributed by atoms with Crippen LogP contribution in [0.2, 0.25) is 10.0 Å². The topological polar surface area (TPSA) is 59.7 Å². The summed E-state index contributed by atoms with van der Waals surface area (Å²) in [5.74, 6) is 0.615. The molecule has 0 radical (unpaired) electrons. The standard InChI is InChI=1S/C17H17BrCl2N6S/c1-2-25-10-14(20)15(23-25)7-21-17(27)22-16-12(18)9-26(24-16)8-11-5-3-4-6-13(11)19/h3-6,9-10H,2,7-8H2,1H3,(H2,21,22,24,27). The summed E-state index contributed by atoms with van der Waals surface area (Å²) in [5.41, 5.74) is 1.73. The van der Waals surface area contributed by atoms with E-state index in [0.717, 1.165) is 22.3 Å². The molecule has 10 heteroatoms. The van der Waals surface area contributed by atoms with Gasteiger partial charge >= 0.3 is 0 Å². The molecular formula is C17H17BrCl2N6S. The lowest BCUT2D eigenvalue weighted by atomic mass is 10.2. The predicted octanol–water partition coefficient (Wildman–Crippen LogP) is 4.70. The van der Waals surface area contributed by atoms with Gasteiger partial charge < -0.3 is 10.6 Å². The average Bonchev–Trinajstić information content (AvgIpc) is 3.17. The minimum Gasteiger partial charge on any atom is -0.357 e. The molecule has 6 nitrogen and oxygen atoms in total. The second-order valence-electron chi connectivity index (χ2n) is 5.70. The van der Waals surface area contributed by atoms with Gasteiger partial charge in [-0.05, 0) is 46.7 Å². The lowest BCUT2D eigenvalue weighted by molar-refractivity contribution is 0.643. The SMILES string of the molecule is CCn1cc(Cl)c(CNC(=S)Nc2nn(Cc3ccccc3Cl)cc2Br)n1. The van der Waals surface area contributed by atoms with Crippen molar-refractivity contribution >= 4 is 62.3 Å². The second-order valence-corrected chi connectivity index (χ2v) is 7.78. The zero-order chi connectivity index (χ0) is 19.4. The number of halogens is 3. The Morgan fingerprint density at radius 2 is 1.93 bits per heavy atom. The molecule has 0 atom stereocenters. The van der Waals surface area contributed by atoms with Crippen LogP contribution >= 0.6 is 51.3 Å². The maximum Gasteiger partial charge on any atom is 0.172 e. The van der Waals surface area contributed by atoms with Crippen molar-refractivity contribution in [1.82, 2.24) is 24.9 Å². The van der Waals surface area contributed by atoms with Crippen LogP contribution in [-0.2, 0) is 19.6 Å². The highest BCUT2D eigenvalue weighted by Crippen LogP contribution is 2.22. The number of nitrogens with one attached hydrogen (secondary N) is 2. The first-order valence-corrected chi connectivity index (χ1v) is 10.1. The van der Waals surface area contributed by atoms with Crippen molar-refractivity contribution in [2.45, 2.75) is 26.6 Å². The highest BCUT2D eigenvalue weighted by Gasteiger charge is 2.11. The first-order valence-electron chi connectivity index (χ1n) is 8.19. The maximum absolute atomic E-state index is 6.21. The van der Waals surface area contributed by atoms with E-state index in [9.17, 15) is 0 Å². The van der Waals surface area contributed by atoms with E-state index in [1.54, 1.807) is 15.6 Å². The van der Waals surface area contributed by atoms with Crippen molar-refractivity contribution in [3.05, 3.63) is 62.4 Å². The normalized spacial score (nSPS) is 10.8. The summed E-state index contributed by atoms with van der Waals surface area (Å²) in [6, 6.07) is 7.68. The van der Waals surface area contributed by atoms with Gasteiger partial charge in [-0.25, -0.2) is 0 Å². The molecule has 0 amide bonds. The Kier molecular flexibility index (Phi) is 6.75. The van der Waals surface area contributed by atoms with E-state index in [1.807, 2.05) is 37.4 Å². The summed E-state index contributed by atoms with van der Waals surface area (Å²) in [6.45, 7) is 3.75. The summed E-state index contributed by atoms with van der Waals surface area (Å²) < 4.78 is 4.37. The lowest BCUT2D eigenvalue weighted by Gasteiger charge is -2.08. The Morgan fingerprint density at radius 1 is 1.15 bits per heavy atom. The first kappa shape index (κ1) is 20.1. The molecule has 3 aromatic rings. The summed E-state index contributed by atoms with van der Waals surface area (Å²) >= 11 is 21.2. The van der Waals surface area contributed by atoms with Crippen molar-refractivity contribution in [3.8, 4) is 0 Å². The second kappa shape index (κ2) is 9.05. The van der Waals surface area contributed by atoms with Gasteiger partial charge in [0.05, 0.1) is 22.6 Å². The monoisotopic (exact) mass is 486 g/mol. The molecule has 0 aliphatic rings. The van der Waals surface area contributed by atoms with Gasteiger partial charge in [0.1, 0.15) is 5.69 Å². The molecule has 2 heterocycles. The van der Waals surface area contributed by atoms with E-state index in [1.165, 1.54) is 0 Å². The average molecular weight is 488 g/mol. The molecule has 2 N–H and O–H groups in total. The molecular weight excluding hydrogens is 471 g/mol. The van der Waals surface area contributed by atoms with E-state index in [-0.39, 0.29) is 0 Å². The Balaban J connectivity index is 1.60. The van der Waals surface area contributed by atoms with E-state index >= 15 is 0 Å².